The quantitative estimate of drug-likeness (QED) is 0.704. The van der Waals surface area contributed by atoms with Gasteiger partial charge in [-0.3, -0.25) is 0 Å². The molecule has 1 aliphatic rings. The minimum Gasteiger partial charge on any atom is -0.228 e. The van der Waals surface area contributed by atoms with Crippen LogP contribution in [0.5, 0.6) is 0 Å². The largest absolute Gasteiger partial charge is 0.228 e. The highest BCUT2D eigenvalue weighted by atomic mass is 32.2. The van der Waals surface area contributed by atoms with E-state index >= 15 is 0 Å². The first-order valence-corrected chi connectivity index (χ1v) is 6.65. The molecule has 1 fully saturated rings. The Kier molecular flexibility index (Phi) is 2.77. The van der Waals surface area contributed by atoms with Crippen molar-refractivity contribution >= 4 is 9.84 Å². The van der Waals surface area contributed by atoms with Crippen LogP contribution in [0.4, 0.5) is 0 Å². The summed E-state index contributed by atoms with van der Waals surface area (Å²) in [7, 11) is -2.90. The summed E-state index contributed by atoms with van der Waals surface area (Å²) in [6.07, 6.45) is 2.21. The van der Waals surface area contributed by atoms with Crippen molar-refractivity contribution in [1.29, 1.82) is 0 Å². The Morgan fingerprint density at radius 1 is 1.31 bits per heavy atom. The van der Waals surface area contributed by atoms with Crippen LogP contribution in [0, 0.1) is 11.8 Å². The molecular weight excluding hydrogens is 184 g/mol. The fraction of sp³-hybridized carbons (Fsp3) is 1.00. The van der Waals surface area contributed by atoms with E-state index in [0.717, 1.165) is 12.8 Å². The minimum atomic E-state index is -2.90. The maximum atomic E-state index is 11.9. The van der Waals surface area contributed by atoms with Gasteiger partial charge >= 0.3 is 0 Å². The zero-order valence-electron chi connectivity index (χ0n) is 9.00. The van der Waals surface area contributed by atoms with Gasteiger partial charge in [0, 0.05) is 0 Å². The maximum Gasteiger partial charge on any atom is 0.155 e. The summed E-state index contributed by atoms with van der Waals surface area (Å²) in [5.74, 6) is 1.05. The average molecular weight is 204 g/mol. The van der Waals surface area contributed by atoms with E-state index < -0.39 is 14.6 Å². The number of sulfone groups is 1. The van der Waals surface area contributed by atoms with E-state index in [9.17, 15) is 8.42 Å². The minimum absolute atomic E-state index is 0.191. The second-order valence-corrected chi connectivity index (χ2v) is 7.60. The predicted molar refractivity (Wildman–Crippen MR) is 55.4 cm³/mol. The monoisotopic (exact) mass is 204 g/mol. The van der Waals surface area contributed by atoms with Crippen molar-refractivity contribution in [3.8, 4) is 0 Å². The molecule has 0 aromatic heterocycles. The molecule has 13 heavy (non-hydrogen) atoms. The van der Waals surface area contributed by atoms with Crippen molar-refractivity contribution in [3.05, 3.63) is 0 Å². The van der Waals surface area contributed by atoms with Crippen LogP contribution in [0.2, 0.25) is 0 Å². The lowest BCUT2D eigenvalue weighted by Gasteiger charge is -2.28. The van der Waals surface area contributed by atoms with Gasteiger partial charge in [-0.25, -0.2) is 8.42 Å². The smallest absolute Gasteiger partial charge is 0.155 e. The second kappa shape index (κ2) is 3.26. The van der Waals surface area contributed by atoms with Gasteiger partial charge in [0.15, 0.2) is 9.84 Å². The molecule has 2 nitrogen and oxygen atoms in total. The number of hydrogen-bond donors (Lipinski definition) is 0. The summed E-state index contributed by atoms with van der Waals surface area (Å²) < 4.78 is 23.3. The van der Waals surface area contributed by atoms with E-state index in [1.54, 1.807) is 0 Å². The predicted octanol–water partition coefficient (Wildman–Crippen LogP) is 2.25. The third-order valence-electron chi connectivity index (χ3n) is 3.34. The molecule has 0 aromatic carbocycles. The molecule has 0 radical (unpaired) electrons. The fourth-order valence-electron chi connectivity index (χ4n) is 1.17. The van der Waals surface area contributed by atoms with E-state index in [4.69, 9.17) is 0 Å². The molecule has 0 N–H and O–H groups in total. The third kappa shape index (κ3) is 2.25. The lowest BCUT2D eigenvalue weighted by molar-refractivity contribution is 0.452. The highest BCUT2D eigenvalue weighted by Gasteiger charge is 2.40. The molecule has 0 atom stereocenters. The zero-order valence-corrected chi connectivity index (χ0v) is 9.82. The highest BCUT2D eigenvalue weighted by molar-refractivity contribution is 7.92. The topological polar surface area (TPSA) is 34.1 Å². The van der Waals surface area contributed by atoms with Crippen molar-refractivity contribution in [2.45, 2.75) is 45.3 Å². The van der Waals surface area contributed by atoms with E-state index in [1.807, 2.05) is 27.7 Å². The first kappa shape index (κ1) is 11.0. The Morgan fingerprint density at radius 2 is 1.77 bits per heavy atom. The molecule has 1 aliphatic carbocycles. The van der Waals surface area contributed by atoms with E-state index in [2.05, 4.69) is 0 Å². The summed E-state index contributed by atoms with van der Waals surface area (Å²) in [6.45, 7) is 7.64. The zero-order chi connectivity index (χ0) is 10.3. The van der Waals surface area contributed by atoms with Crippen LogP contribution in [-0.4, -0.2) is 18.9 Å². The third-order valence-corrected chi connectivity index (χ3v) is 6.33. The molecule has 0 aliphatic heterocycles. The van der Waals surface area contributed by atoms with Gasteiger partial charge in [-0.15, -0.1) is 0 Å². The second-order valence-electron chi connectivity index (χ2n) is 4.98. The molecule has 1 saturated carbocycles. The summed E-state index contributed by atoms with van der Waals surface area (Å²) in [5.41, 5.74) is 0. The van der Waals surface area contributed by atoms with Crippen LogP contribution in [0.3, 0.4) is 0 Å². The molecule has 78 valence electrons. The van der Waals surface area contributed by atoms with Crippen molar-refractivity contribution < 1.29 is 8.42 Å². The van der Waals surface area contributed by atoms with Crippen molar-refractivity contribution in [3.63, 3.8) is 0 Å². The van der Waals surface area contributed by atoms with E-state index in [0.29, 0.717) is 11.7 Å². The molecule has 0 unspecified atom stereocenters. The highest BCUT2D eigenvalue weighted by Crippen LogP contribution is 2.35. The van der Waals surface area contributed by atoms with Crippen molar-refractivity contribution in [1.82, 2.24) is 0 Å². The van der Waals surface area contributed by atoms with Crippen LogP contribution in [0.25, 0.3) is 0 Å². The molecular formula is C10H20O2S. The van der Waals surface area contributed by atoms with E-state index in [-0.39, 0.29) is 5.92 Å². The van der Waals surface area contributed by atoms with Crippen LogP contribution in [0.1, 0.15) is 40.5 Å². The fourth-order valence-corrected chi connectivity index (χ4v) is 3.27. The Bertz CT molecular complexity index is 271. The lowest BCUT2D eigenvalue weighted by atomic mass is 10.00. The Balaban J connectivity index is 2.77. The average Bonchev–Trinajstić information content (AvgIpc) is 2.70. The van der Waals surface area contributed by atoms with Gasteiger partial charge in [0.2, 0.25) is 0 Å². The number of rotatable bonds is 4. The first-order valence-electron chi connectivity index (χ1n) is 4.99. The molecule has 3 heteroatoms. The molecule has 0 aromatic rings. The normalized spacial score (nSPS) is 19.5. The Hall–Kier alpha value is -0.0500. The van der Waals surface area contributed by atoms with Gasteiger partial charge in [-0.2, -0.15) is 0 Å². The molecule has 0 bridgehead atoms. The van der Waals surface area contributed by atoms with Crippen LogP contribution < -0.4 is 0 Å². The van der Waals surface area contributed by atoms with Gasteiger partial charge in [0.05, 0.1) is 10.5 Å². The Labute approximate surface area is 81.6 Å². The standard InChI is InChI=1S/C10H20O2S/c1-8(2)10(3,4)13(11,12)7-9-5-6-9/h8-9H,5-7H2,1-4H3. The molecule has 0 heterocycles. The number of hydrogen-bond acceptors (Lipinski definition) is 2. The maximum absolute atomic E-state index is 11.9. The van der Waals surface area contributed by atoms with Crippen molar-refractivity contribution in [2.75, 3.05) is 5.75 Å². The van der Waals surface area contributed by atoms with Crippen LogP contribution >= 0.6 is 0 Å². The summed E-state index contributed by atoms with van der Waals surface area (Å²) >= 11 is 0. The van der Waals surface area contributed by atoms with Gasteiger partial charge in [-0.05, 0) is 38.5 Å². The van der Waals surface area contributed by atoms with Gasteiger partial charge in [0.1, 0.15) is 0 Å². The van der Waals surface area contributed by atoms with Crippen LogP contribution in [-0.2, 0) is 9.84 Å². The summed E-state index contributed by atoms with van der Waals surface area (Å²) in [5, 5.41) is 0. The van der Waals surface area contributed by atoms with E-state index in [1.165, 1.54) is 0 Å². The molecule has 0 saturated heterocycles. The van der Waals surface area contributed by atoms with Crippen molar-refractivity contribution in [2.24, 2.45) is 11.8 Å². The lowest BCUT2D eigenvalue weighted by Crippen LogP contribution is -2.39. The van der Waals surface area contributed by atoms with Gasteiger partial charge in [0.25, 0.3) is 0 Å². The SMILES string of the molecule is CC(C)C(C)(C)S(=O)(=O)CC1CC1. The molecule has 0 amide bonds. The summed E-state index contributed by atoms with van der Waals surface area (Å²) in [6, 6.07) is 0. The van der Waals surface area contributed by atoms with Gasteiger partial charge in [-0.1, -0.05) is 13.8 Å². The molecule has 0 spiro atoms. The molecule has 1 rings (SSSR count). The van der Waals surface area contributed by atoms with Gasteiger partial charge < -0.3 is 0 Å². The summed E-state index contributed by atoms with van der Waals surface area (Å²) in [4.78, 5) is 0. The first-order chi connectivity index (χ1) is 5.77. The van der Waals surface area contributed by atoms with Crippen LogP contribution in [0.15, 0.2) is 0 Å². The Morgan fingerprint density at radius 3 is 2.08 bits per heavy atom.